The quantitative estimate of drug-likeness (QED) is 0.263. The van der Waals surface area contributed by atoms with Gasteiger partial charge in [0.2, 0.25) is 6.79 Å². The molecule has 14 nitrogen and oxygen atoms in total. The maximum absolute atomic E-state index is 13.6. The van der Waals surface area contributed by atoms with Gasteiger partial charge in [-0.1, -0.05) is 18.7 Å². The first-order chi connectivity index (χ1) is 24.0. The van der Waals surface area contributed by atoms with Crippen molar-refractivity contribution >= 4 is 29.8 Å². The summed E-state index contributed by atoms with van der Waals surface area (Å²) < 4.78 is 34.8. The van der Waals surface area contributed by atoms with Gasteiger partial charge in [0.15, 0.2) is 23.0 Å². The van der Waals surface area contributed by atoms with Crippen LogP contribution in [0.2, 0.25) is 0 Å². The Hall–Kier alpha value is -4.65. The van der Waals surface area contributed by atoms with Crippen molar-refractivity contribution in [1.29, 1.82) is 5.26 Å². The van der Waals surface area contributed by atoms with E-state index in [1.807, 2.05) is 20.0 Å². The van der Waals surface area contributed by atoms with Crippen molar-refractivity contribution in [2.24, 2.45) is 0 Å². The maximum Gasteiger partial charge on any atom is 0.408 e. The predicted molar refractivity (Wildman–Crippen MR) is 178 cm³/mol. The van der Waals surface area contributed by atoms with Gasteiger partial charge >= 0.3 is 18.0 Å². The van der Waals surface area contributed by atoms with Crippen LogP contribution in [-0.4, -0.2) is 97.0 Å². The number of rotatable bonds is 5. The van der Waals surface area contributed by atoms with Gasteiger partial charge in [0.05, 0.1) is 30.5 Å². The minimum absolute atomic E-state index is 0.0179. The van der Waals surface area contributed by atoms with E-state index < -0.39 is 53.5 Å². The van der Waals surface area contributed by atoms with Gasteiger partial charge in [-0.25, -0.2) is 9.59 Å². The average Bonchev–Trinajstić information content (AvgIpc) is 3.57. The number of benzene rings is 2. The summed E-state index contributed by atoms with van der Waals surface area (Å²) in [6.07, 6.45) is 1.08. The fourth-order valence-electron chi connectivity index (χ4n) is 8.39. The number of methoxy groups -OCH3 is 1. The summed E-state index contributed by atoms with van der Waals surface area (Å²) in [6, 6.07) is 0.661. The number of piperazine rings is 1. The van der Waals surface area contributed by atoms with Crippen molar-refractivity contribution in [3.63, 3.8) is 0 Å². The molecule has 264 valence electrons. The summed E-state index contributed by atoms with van der Waals surface area (Å²) in [5.41, 5.74) is 4.15. The number of nitriles is 1. The highest BCUT2D eigenvalue weighted by Crippen LogP contribution is 2.64. The van der Waals surface area contributed by atoms with E-state index in [1.165, 1.54) is 31.9 Å². The fraction of sp³-hybridized carbons (Fsp3) is 0.486. The molecule has 1 unspecified atom stereocenters. The van der Waals surface area contributed by atoms with Crippen LogP contribution in [0.3, 0.4) is 0 Å². The molecule has 2 N–H and O–H groups in total. The first-order valence-electron chi connectivity index (χ1n) is 16.3. The third kappa shape index (κ3) is 5.11. The molecule has 1 amide bonds. The minimum Gasteiger partial charge on any atom is -0.504 e. The molecular formula is C35H38N4O10S. The number of aromatic hydroxyl groups is 1. The predicted octanol–water partition coefficient (Wildman–Crippen LogP) is 3.51. The summed E-state index contributed by atoms with van der Waals surface area (Å²) >= 11 is 1.34. The lowest BCUT2D eigenvalue weighted by Gasteiger charge is -2.61. The number of hydrogen-bond donors (Lipinski definition) is 2. The summed E-state index contributed by atoms with van der Waals surface area (Å²) in [5.74, 6) is 0.321. The lowest BCUT2D eigenvalue weighted by Crippen LogP contribution is -2.69. The third-order valence-electron chi connectivity index (χ3n) is 10.3. The SMILES string of the molecule is C=CCOC(=O)N[C@H]1CS[C@@H]2c3c(OC(C)=O)c(C)c4c(c3[C@H](COC1=O)N1C2[C@H]2c3c(cc(C)c(OC)c3O)C[C@@H]([C@@H]1C#N)N2C)OCO4. The monoisotopic (exact) mass is 706 g/mol. The van der Waals surface area contributed by atoms with Gasteiger partial charge in [0.25, 0.3) is 0 Å². The van der Waals surface area contributed by atoms with Crippen LogP contribution in [0.5, 0.6) is 28.7 Å². The zero-order chi connectivity index (χ0) is 35.6. The molecule has 7 atom stereocenters. The number of fused-ring (bicyclic) bond motifs is 10. The van der Waals surface area contributed by atoms with Crippen LogP contribution in [0.15, 0.2) is 18.7 Å². The molecule has 2 saturated heterocycles. The van der Waals surface area contributed by atoms with E-state index in [1.54, 1.807) is 6.92 Å². The summed E-state index contributed by atoms with van der Waals surface area (Å²) in [7, 11) is 3.46. The second-order valence-electron chi connectivity index (χ2n) is 13.0. The lowest BCUT2D eigenvalue weighted by molar-refractivity contribution is -0.151. The molecule has 0 aliphatic carbocycles. The molecule has 6 aliphatic heterocycles. The number of carbonyl (C=O) groups is 3. The summed E-state index contributed by atoms with van der Waals surface area (Å²) in [4.78, 5) is 43.2. The number of nitrogens with one attached hydrogen (secondary N) is 1. The summed E-state index contributed by atoms with van der Waals surface area (Å²) in [6.45, 7) is 8.19. The van der Waals surface area contributed by atoms with Crippen molar-refractivity contribution in [3.05, 3.63) is 52.1 Å². The Morgan fingerprint density at radius 3 is 2.66 bits per heavy atom. The number of alkyl carbamates (subject to hydrolysis) is 1. The molecule has 4 bridgehead atoms. The molecule has 0 radical (unpaired) electrons. The van der Waals surface area contributed by atoms with Crippen LogP contribution < -0.4 is 24.3 Å². The molecule has 2 aromatic rings. The van der Waals surface area contributed by atoms with Gasteiger partial charge in [-0.3, -0.25) is 14.6 Å². The molecular weight excluding hydrogens is 668 g/mol. The molecule has 6 aliphatic rings. The Labute approximate surface area is 293 Å². The maximum atomic E-state index is 13.6. The topological polar surface area (TPSA) is 169 Å². The number of ether oxygens (including phenoxy) is 6. The number of phenolic OH excluding ortho intramolecular Hbond substituents is 1. The number of likely N-dealkylation sites (N-methyl/N-ethyl adjacent to an activating group) is 1. The van der Waals surface area contributed by atoms with Crippen LogP contribution >= 0.6 is 11.8 Å². The van der Waals surface area contributed by atoms with Crippen molar-refractivity contribution < 1.29 is 47.9 Å². The van der Waals surface area contributed by atoms with Gasteiger partial charge in [-0.2, -0.15) is 5.26 Å². The third-order valence-corrected chi connectivity index (χ3v) is 11.7. The number of aryl methyl sites for hydroxylation is 1. The van der Waals surface area contributed by atoms with E-state index in [-0.39, 0.29) is 37.6 Å². The Morgan fingerprint density at radius 1 is 1.20 bits per heavy atom. The van der Waals surface area contributed by atoms with Crippen molar-refractivity contribution in [1.82, 2.24) is 15.1 Å². The first-order valence-corrected chi connectivity index (χ1v) is 17.3. The van der Waals surface area contributed by atoms with Gasteiger partial charge < -0.3 is 38.8 Å². The summed E-state index contributed by atoms with van der Waals surface area (Å²) in [5, 5.41) is 24.8. The average molecular weight is 707 g/mol. The number of esters is 2. The normalized spacial score (nSPS) is 27.8. The van der Waals surface area contributed by atoms with Gasteiger partial charge in [-0.05, 0) is 38.4 Å². The lowest BCUT2D eigenvalue weighted by atomic mass is 9.71. The van der Waals surface area contributed by atoms with Gasteiger partial charge in [-0.15, -0.1) is 11.8 Å². The smallest absolute Gasteiger partial charge is 0.408 e. The molecule has 15 heteroatoms. The van der Waals surface area contributed by atoms with E-state index in [4.69, 9.17) is 28.4 Å². The Morgan fingerprint density at radius 2 is 1.96 bits per heavy atom. The molecule has 6 heterocycles. The molecule has 50 heavy (non-hydrogen) atoms. The van der Waals surface area contributed by atoms with Crippen LogP contribution in [-0.2, 0) is 25.5 Å². The molecule has 2 aromatic carbocycles. The van der Waals surface area contributed by atoms with Crippen LogP contribution in [0.25, 0.3) is 0 Å². The zero-order valence-corrected chi connectivity index (χ0v) is 29.1. The Bertz CT molecular complexity index is 1840. The van der Waals surface area contributed by atoms with E-state index in [0.29, 0.717) is 51.7 Å². The molecule has 0 spiro atoms. The largest absolute Gasteiger partial charge is 0.504 e. The van der Waals surface area contributed by atoms with Gasteiger partial charge in [0, 0.05) is 47.0 Å². The number of thioether (sulfide) groups is 1. The Kier molecular flexibility index (Phi) is 8.73. The van der Waals surface area contributed by atoms with E-state index >= 15 is 0 Å². The van der Waals surface area contributed by atoms with Crippen LogP contribution in [0.4, 0.5) is 4.79 Å². The first kappa shape index (κ1) is 33.8. The molecule has 2 fully saturated rings. The molecule has 0 aromatic heterocycles. The number of hydrogen-bond acceptors (Lipinski definition) is 14. The Balaban J connectivity index is 1.49. The number of carbonyl (C=O) groups excluding carboxylic acids is 3. The highest BCUT2D eigenvalue weighted by Gasteiger charge is 2.60. The number of phenols is 1. The van der Waals surface area contributed by atoms with E-state index in [2.05, 4.69) is 27.8 Å². The van der Waals surface area contributed by atoms with E-state index in [9.17, 15) is 24.8 Å². The number of nitrogens with zero attached hydrogens (tertiary/aromatic N) is 3. The van der Waals surface area contributed by atoms with Crippen LogP contribution in [0, 0.1) is 25.2 Å². The number of amides is 1. The van der Waals surface area contributed by atoms with E-state index in [0.717, 1.165) is 11.1 Å². The fourth-order valence-corrected chi connectivity index (χ4v) is 9.89. The molecule has 0 saturated carbocycles. The van der Waals surface area contributed by atoms with Crippen LogP contribution in [0.1, 0.15) is 57.6 Å². The second kappa shape index (κ2) is 12.9. The minimum atomic E-state index is -1.10. The van der Waals surface area contributed by atoms with Crippen molar-refractivity contribution in [3.8, 4) is 34.8 Å². The van der Waals surface area contributed by atoms with Gasteiger partial charge in [0.1, 0.15) is 31.0 Å². The van der Waals surface area contributed by atoms with Crippen molar-refractivity contribution in [2.75, 3.05) is 39.9 Å². The highest BCUT2D eigenvalue weighted by atomic mass is 32.2. The highest BCUT2D eigenvalue weighted by molar-refractivity contribution is 7.99. The standard InChI is InChI=1S/C35H38N4O10S/c1-7-8-45-35(43)37-19-13-50-33-25-24(32-31(47-14-48-32)16(3)30(25)49-17(4)40)22(12-46-34(19)42)39-21(11-36)20-10-18-9-15(2)29(44-6)28(41)23(18)26(27(33)39)38(20)5/h7,9,19-22,26-27,33,41H,1,8,10,12-14H2,2-6H3,(H,37,43)/t19-,20-,21-,22-,26+,27?,33+/m0/s1. The zero-order valence-electron chi connectivity index (χ0n) is 28.3. The van der Waals surface area contributed by atoms with Crippen molar-refractivity contribution in [2.45, 2.75) is 68.7 Å². The second-order valence-corrected chi connectivity index (χ2v) is 14.1. The molecule has 8 rings (SSSR count).